The number of carboxylic acids is 1. The highest BCUT2D eigenvalue weighted by Gasteiger charge is 2.27. The second-order valence-corrected chi connectivity index (χ2v) is 5.40. The van der Waals surface area contributed by atoms with E-state index in [-0.39, 0.29) is 12.5 Å². The van der Waals surface area contributed by atoms with Crippen LogP contribution in [0.25, 0.3) is 11.3 Å². The summed E-state index contributed by atoms with van der Waals surface area (Å²) < 4.78 is 0. The molecule has 110 valence electrons. The molecule has 0 unspecified atom stereocenters. The minimum absolute atomic E-state index is 0.0425. The number of carboxylic acid groups (broad SMARTS) is 1. The summed E-state index contributed by atoms with van der Waals surface area (Å²) in [5.41, 5.74) is 0.852. The lowest BCUT2D eigenvalue weighted by Crippen LogP contribution is -2.39. The molecule has 0 atom stereocenters. The van der Waals surface area contributed by atoms with Crippen LogP contribution in [-0.4, -0.2) is 33.7 Å². The van der Waals surface area contributed by atoms with E-state index in [0.29, 0.717) is 11.4 Å². The number of amides is 1. The van der Waals surface area contributed by atoms with Crippen LogP contribution in [-0.2, 0) is 4.79 Å². The van der Waals surface area contributed by atoms with E-state index in [2.05, 4.69) is 15.5 Å². The molecule has 2 rings (SSSR count). The normalized spacial score (nSPS) is 11.1. The first-order chi connectivity index (χ1) is 9.90. The lowest BCUT2D eigenvalue weighted by Gasteiger charge is -2.18. The Labute approximate surface area is 122 Å². The molecule has 0 fully saturated rings. The highest BCUT2D eigenvalue weighted by Crippen LogP contribution is 2.17. The highest BCUT2D eigenvalue weighted by molar-refractivity contribution is 5.93. The molecule has 0 bridgehead atoms. The van der Waals surface area contributed by atoms with Crippen molar-refractivity contribution in [2.45, 2.75) is 13.8 Å². The molecule has 3 N–H and O–H groups in total. The van der Waals surface area contributed by atoms with Crippen LogP contribution in [0.2, 0.25) is 0 Å². The minimum atomic E-state index is -1.02. The van der Waals surface area contributed by atoms with Crippen molar-refractivity contribution < 1.29 is 14.7 Å². The van der Waals surface area contributed by atoms with Crippen molar-refractivity contribution in [2.24, 2.45) is 5.41 Å². The van der Waals surface area contributed by atoms with Gasteiger partial charge >= 0.3 is 5.97 Å². The Balaban J connectivity index is 2.05. The number of H-pyrrole nitrogens is 1. The van der Waals surface area contributed by atoms with Crippen LogP contribution in [0.1, 0.15) is 24.3 Å². The van der Waals surface area contributed by atoms with Crippen LogP contribution >= 0.6 is 0 Å². The van der Waals surface area contributed by atoms with Gasteiger partial charge in [0.2, 0.25) is 0 Å². The van der Waals surface area contributed by atoms with Crippen LogP contribution in [0, 0.1) is 5.41 Å². The Bertz CT molecular complexity index is 647. The van der Waals surface area contributed by atoms with Gasteiger partial charge in [0, 0.05) is 12.1 Å². The van der Waals surface area contributed by atoms with Crippen LogP contribution in [0.3, 0.4) is 0 Å². The first-order valence-corrected chi connectivity index (χ1v) is 6.52. The summed E-state index contributed by atoms with van der Waals surface area (Å²) in [5.74, 6) is -1.34. The zero-order valence-electron chi connectivity index (χ0n) is 11.9. The average Bonchev–Trinajstić information content (AvgIpc) is 2.95. The van der Waals surface area contributed by atoms with Gasteiger partial charge in [-0.25, -0.2) is 0 Å². The molecule has 1 amide bonds. The number of aromatic nitrogens is 2. The quantitative estimate of drug-likeness (QED) is 0.783. The third kappa shape index (κ3) is 3.47. The lowest BCUT2D eigenvalue weighted by molar-refractivity contribution is -0.146. The third-order valence-corrected chi connectivity index (χ3v) is 3.16. The highest BCUT2D eigenvalue weighted by atomic mass is 16.4. The van der Waals surface area contributed by atoms with E-state index in [1.54, 1.807) is 19.9 Å². The van der Waals surface area contributed by atoms with Gasteiger partial charge in [-0.2, -0.15) is 5.10 Å². The van der Waals surface area contributed by atoms with Crippen molar-refractivity contribution in [1.29, 1.82) is 0 Å². The number of nitrogens with zero attached hydrogens (tertiary/aromatic N) is 1. The number of rotatable bonds is 5. The van der Waals surface area contributed by atoms with Crippen molar-refractivity contribution in [3.05, 3.63) is 42.1 Å². The maximum absolute atomic E-state index is 12.0. The summed E-state index contributed by atoms with van der Waals surface area (Å²) in [4.78, 5) is 23.0. The summed E-state index contributed by atoms with van der Waals surface area (Å²) in [6, 6.07) is 11.1. The van der Waals surface area contributed by atoms with Gasteiger partial charge in [-0.3, -0.25) is 14.7 Å². The van der Waals surface area contributed by atoms with E-state index in [9.17, 15) is 9.59 Å². The second-order valence-electron chi connectivity index (χ2n) is 5.40. The zero-order valence-corrected chi connectivity index (χ0v) is 11.9. The fraction of sp³-hybridized carbons (Fsp3) is 0.267. The van der Waals surface area contributed by atoms with Crippen molar-refractivity contribution >= 4 is 11.9 Å². The van der Waals surface area contributed by atoms with Crippen molar-refractivity contribution in [1.82, 2.24) is 15.5 Å². The predicted molar refractivity (Wildman–Crippen MR) is 77.8 cm³/mol. The van der Waals surface area contributed by atoms with Crippen molar-refractivity contribution in [2.75, 3.05) is 6.54 Å². The summed E-state index contributed by atoms with van der Waals surface area (Å²) in [6.45, 7) is 3.15. The molecule has 21 heavy (non-hydrogen) atoms. The maximum atomic E-state index is 12.0. The van der Waals surface area contributed by atoms with Crippen LogP contribution in [0.4, 0.5) is 0 Å². The fourth-order valence-electron chi connectivity index (χ4n) is 1.67. The van der Waals surface area contributed by atoms with Crippen LogP contribution < -0.4 is 5.32 Å². The number of benzene rings is 1. The Hall–Kier alpha value is -2.63. The summed E-state index contributed by atoms with van der Waals surface area (Å²) in [6.07, 6.45) is 0. The van der Waals surface area contributed by atoms with Gasteiger partial charge in [-0.15, -0.1) is 0 Å². The lowest BCUT2D eigenvalue weighted by atomic mass is 9.94. The van der Waals surface area contributed by atoms with E-state index in [4.69, 9.17) is 5.11 Å². The number of hydrogen-bond donors (Lipinski definition) is 3. The van der Waals surface area contributed by atoms with Gasteiger partial charge < -0.3 is 10.4 Å². The minimum Gasteiger partial charge on any atom is -0.481 e. The van der Waals surface area contributed by atoms with Gasteiger partial charge in [0.25, 0.3) is 5.91 Å². The fourth-order valence-corrected chi connectivity index (χ4v) is 1.67. The molecular weight excluding hydrogens is 270 g/mol. The first kappa shape index (κ1) is 14.8. The molecule has 0 saturated heterocycles. The van der Waals surface area contributed by atoms with Crippen molar-refractivity contribution in [3.8, 4) is 11.3 Å². The van der Waals surface area contributed by atoms with Crippen LogP contribution in [0.15, 0.2) is 36.4 Å². The summed E-state index contributed by atoms with van der Waals surface area (Å²) >= 11 is 0. The number of aromatic amines is 1. The van der Waals surface area contributed by atoms with Gasteiger partial charge in [0.05, 0.1) is 11.1 Å². The SMILES string of the molecule is CC(C)(CNC(=O)c1cc(-c2ccccc2)n[nH]1)C(=O)O. The van der Waals surface area contributed by atoms with E-state index >= 15 is 0 Å². The molecule has 1 heterocycles. The van der Waals surface area contributed by atoms with E-state index in [1.807, 2.05) is 30.3 Å². The topological polar surface area (TPSA) is 95.1 Å². The molecular formula is C15H17N3O3. The molecule has 0 radical (unpaired) electrons. The second kappa shape index (κ2) is 5.78. The molecule has 6 heteroatoms. The van der Waals surface area contributed by atoms with Gasteiger partial charge in [0.15, 0.2) is 0 Å². The molecule has 1 aromatic carbocycles. The van der Waals surface area contributed by atoms with Gasteiger partial charge in [-0.1, -0.05) is 30.3 Å². The van der Waals surface area contributed by atoms with Gasteiger partial charge in [0.1, 0.15) is 5.69 Å². The smallest absolute Gasteiger partial charge is 0.310 e. The monoisotopic (exact) mass is 287 g/mol. The predicted octanol–water partition coefficient (Wildman–Crippen LogP) is 1.92. The number of aliphatic carboxylic acids is 1. The average molecular weight is 287 g/mol. The van der Waals surface area contributed by atoms with E-state index < -0.39 is 11.4 Å². The zero-order chi connectivity index (χ0) is 15.5. The molecule has 0 saturated carbocycles. The molecule has 0 aliphatic rings. The molecule has 6 nitrogen and oxygen atoms in total. The van der Waals surface area contributed by atoms with Crippen LogP contribution in [0.5, 0.6) is 0 Å². The Morgan fingerprint density at radius 2 is 1.95 bits per heavy atom. The summed E-state index contributed by atoms with van der Waals surface area (Å²) in [5, 5.41) is 18.3. The number of carbonyl (C=O) groups is 2. The number of carbonyl (C=O) groups excluding carboxylic acids is 1. The summed E-state index contributed by atoms with van der Waals surface area (Å²) in [7, 11) is 0. The largest absolute Gasteiger partial charge is 0.481 e. The molecule has 0 spiro atoms. The van der Waals surface area contributed by atoms with E-state index in [1.165, 1.54) is 0 Å². The molecule has 1 aromatic heterocycles. The first-order valence-electron chi connectivity index (χ1n) is 6.52. The van der Waals surface area contributed by atoms with Crippen molar-refractivity contribution in [3.63, 3.8) is 0 Å². The number of hydrogen-bond acceptors (Lipinski definition) is 3. The standard InChI is InChI=1S/C15H17N3O3/c1-15(2,14(20)21)9-16-13(19)12-8-11(17-18-12)10-6-4-3-5-7-10/h3-8H,9H2,1-2H3,(H,16,19)(H,17,18)(H,20,21). The molecule has 0 aliphatic heterocycles. The Morgan fingerprint density at radius 1 is 1.29 bits per heavy atom. The maximum Gasteiger partial charge on any atom is 0.310 e. The van der Waals surface area contributed by atoms with Gasteiger partial charge in [-0.05, 0) is 19.9 Å². The molecule has 2 aromatic rings. The van der Waals surface area contributed by atoms with E-state index in [0.717, 1.165) is 5.56 Å². The third-order valence-electron chi connectivity index (χ3n) is 3.16. The Kier molecular flexibility index (Phi) is 4.07. The number of nitrogens with one attached hydrogen (secondary N) is 2. The molecule has 0 aliphatic carbocycles. The Morgan fingerprint density at radius 3 is 2.57 bits per heavy atom.